The SMILES string of the molecule is O=c1[nH]c(=O)n(CCSC(F)(F)F)cc1[N+](=O)[O-]. The number of nitro groups is 1. The molecule has 11 heteroatoms. The lowest BCUT2D eigenvalue weighted by Crippen LogP contribution is -2.31. The summed E-state index contributed by atoms with van der Waals surface area (Å²) in [5, 5.41) is 10.4. The van der Waals surface area contributed by atoms with E-state index < -0.39 is 39.7 Å². The van der Waals surface area contributed by atoms with Crippen molar-refractivity contribution < 1.29 is 18.1 Å². The molecule has 1 rings (SSSR count). The molecule has 0 bridgehead atoms. The van der Waals surface area contributed by atoms with Gasteiger partial charge >= 0.3 is 22.4 Å². The van der Waals surface area contributed by atoms with Crippen LogP contribution in [0.3, 0.4) is 0 Å². The molecule has 18 heavy (non-hydrogen) atoms. The lowest BCUT2D eigenvalue weighted by Gasteiger charge is -2.06. The number of thioether (sulfide) groups is 1. The highest BCUT2D eigenvalue weighted by molar-refractivity contribution is 8.00. The molecule has 0 radical (unpaired) electrons. The van der Waals surface area contributed by atoms with Crippen molar-refractivity contribution >= 4 is 17.4 Å². The van der Waals surface area contributed by atoms with Crippen molar-refractivity contribution in [1.82, 2.24) is 9.55 Å². The van der Waals surface area contributed by atoms with Crippen molar-refractivity contribution in [3.8, 4) is 0 Å². The van der Waals surface area contributed by atoms with Crippen LogP contribution in [0.1, 0.15) is 0 Å². The Labute approximate surface area is 101 Å². The molecule has 0 amide bonds. The fourth-order valence-corrected chi connectivity index (χ4v) is 1.57. The van der Waals surface area contributed by atoms with E-state index in [1.165, 1.54) is 0 Å². The number of halogens is 3. The van der Waals surface area contributed by atoms with Gasteiger partial charge in [0.2, 0.25) is 0 Å². The van der Waals surface area contributed by atoms with Crippen LogP contribution < -0.4 is 11.2 Å². The van der Waals surface area contributed by atoms with Crippen molar-refractivity contribution in [3.05, 3.63) is 37.1 Å². The molecule has 0 aliphatic heterocycles. The first-order valence-electron chi connectivity index (χ1n) is 4.39. The molecule has 1 N–H and O–H groups in total. The standard InChI is InChI=1S/C7H6F3N3O4S/c8-7(9,10)18-2-1-12-3-4(13(16)17)5(14)11-6(12)15/h3H,1-2H2,(H,11,14,15). The molecule has 0 aromatic carbocycles. The zero-order valence-corrected chi connectivity index (χ0v) is 9.38. The van der Waals surface area contributed by atoms with Gasteiger partial charge in [-0.15, -0.1) is 0 Å². The molecule has 0 aliphatic rings. The predicted molar refractivity (Wildman–Crippen MR) is 56.5 cm³/mol. The van der Waals surface area contributed by atoms with Crippen LogP contribution in [0.15, 0.2) is 15.8 Å². The molecule has 7 nitrogen and oxygen atoms in total. The molecule has 0 atom stereocenters. The Kier molecular flexibility index (Phi) is 4.16. The highest BCUT2D eigenvalue weighted by atomic mass is 32.2. The van der Waals surface area contributed by atoms with Gasteiger partial charge in [0.25, 0.3) is 0 Å². The van der Waals surface area contributed by atoms with Crippen molar-refractivity contribution in [2.45, 2.75) is 12.1 Å². The van der Waals surface area contributed by atoms with Gasteiger partial charge < -0.3 is 0 Å². The van der Waals surface area contributed by atoms with E-state index in [0.717, 1.165) is 0 Å². The monoisotopic (exact) mass is 285 g/mol. The van der Waals surface area contributed by atoms with E-state index >= 15 is 0 Å². The molecule has 0 saturated heterocycles. The first-order valence-corrected chi connectivity index (χ1v) is 5.38. The van der Waals surface area contributed by atoms with Crippen molar-refractivity contribution in [2.24, 2.45) is 0 Å². The van der Waals surface area contributed by atoms with Crippen LogP contribution in [0.2, 0.25) is 0 Å². The third-order valence-electron chi connectivity index (χ3n) is 1.79. The summed E-state index contributed by atoms with van der Waals surface area (Å²) in [7, 11) is 0. The molecule has 1 heterocycles. The maximum absolute atomic E-state index is 11.8. The third-order valence-corrected chi connectivity index (χ3v) is 2.50. The summed E-state index contributed by atoms with van der Waals surface area (Å²) in [6, 6.07) is 0. The smallest absolute Gasteiger partial charge is 0.293 e. The fraction of sp³-hybridized carbons (Fsp3) is 0.429. The van der Waals surface area contributed by atoms with E-state index in [4.69, 9.17) is 0 Å². The Morgan fingerprint density at radius 2 is 2.06 bits per heavy atom. The quantitative estimate of drug-likeness (QED) is 0.648. The summed E-state index contributed by atoms with van der Waals surface area (Å²) in [5.74, 6) is -0.493. The number of nitrogens with one attached hydrogen (secondary N) is 1. The van der Waals surface area contributed by atoms with E-state index in [9.17, 15) is 32.9 Å². The van der Waals surface area contributed by atoms with Gasteiger partial charge in [-0.05, 0) is 11.8 Å². The number of aromatic nitrogens is 2. The van der Waals surface area contributed by atoms with E-state index in [1.807, 2.05) is 0 Å². The Hall–Kier alpha value is -1.78. The summed E-state index contributed by atoms with van der Waals surface area (Å²) in [4.78, 5) is 33.2. The van der Waals surface area contributed by atoms with E-state index in [2.05, 4.69) is 0 Å². The topological polar surface area (TPSA) is 98.0 Å². The van der Waals surface area contributed by atoms with Crippen molar-refractivity contribution in [3.63, 3.8) is 0 Å². The Balaban J connectivity index is 2.90. The van der Waals surface area contributed by atoms with Gasteiger partial charge in [-0.1, -0.05) is 0 Å². The van der Waals surface area contributed by atoms with Crippen LogP contribution in [0.25, 0.3) is 0 Å². The number of nitrogens with zero attached hydrogens (tertiary/aromatic N) is 2. The van der Waals surface area contributed by atoms with Gasteiger partial charge in [0.15, 0.2) is 0 Å². The second-order valence-electron chi connectivity index (χ2n) is 3.02. The summed E-state index contributed by atoms with van der Waals surface area (Å²) in [6.07, 6.45) is 0.623. The second-order valence-corrected chi connectivity index (χ2v) is 4.18. The van der Waals surface area contributed by atoms with Crippen molar-refractivity contribution in [1.29, 1.82) is 0 Å². The lowest BCUT2D eigenvalue weighted by atomic mass is 10.5. The minimum atomic E-state index is -4.45. The number of H-pyrrole nitrogens is 1. The lowest BCUT2D eigenvalue weighted by molar-refractivity contribution is -0.386. The number of aromatic amines is 1. The van der Waals surface area contributed by atoms with Crippen LogP contribution in [0.5, 0.6) is 0 Å². The summed E-state index contributed by atoms with van der Waals surface area (Å²) in [5.41, 5.74) is -7.53. The summed E-state index contributed by atoms with van der Waals surface area (Å²) >= 11 is -0.366. The molecule has 1 aromatic rings. The Bertz CT molecular complexity index is 564. The molecule has 0 unspecified atom stereocenters. The van der Waals surface area contributed by atoms with Gasteiger partial charge in [0.1, 0.15) is 0 Å². The van der Waals surface area contributed by atoms with E-state index in [0.29, 0.717) is 10.8 Å². The largest absolute Gasteiger partial charge is 0.441 e. The molecule has 100 valence electrons. The fourth-order valence-electron chi connectivity index (χ4n) is 1.05. The first-order chi connectivity index (χ1) is 8.20. The zero-order valence-electron chi connectivity index (χ0n) is 8.56. The molecule has 0 aliphatic carbocycles. The average Bonchev–Trinajstić information content (AvgIpc) is 2.18. The Morgan fingerprint density at radius 1 is 1.44 bits per heavy atom. The second kappa shape index (κ2) is 5.25. The summed E-state index contributed by atoms with van der Waals surface area (Å²) < 4.78 is 36.2. The normalized spacial score (nSPS) is 11.5. The zero-order chi connectivity index (χ0) is 13.9. The van der Waals surface area contributed by atoms with Crippen LogP contribution in [-0.2, 0) is 6.54 Å². The molecular weight excluding hydrogens is 279 g/mol. The number of hydrogen-bond donors (Lipinski definition) is 1. The average molecular weight is 285 g/mol. The van der Waals surface area contributed by atoms with Gasteiger partial charge in [-0.2, -0.15) is 13.2 Å². The van der Waals surface area contributed by atoms with Crippen LogP contribution >= 0.6 is 11.8 Å². The first kappa shape index (κ1) is 14.3. The third kappa shape index (κ3) is 3.91. The highest BCUT2D eigenvalue weighted by Gasteiger charge is 2.27. The molecule has 0 spiro atoms. The van der Waals surface area contributed by atoms with Crippen LogP contribution in [0, 0.1) is 10.1 Å². The van der Waals surface area contributed by atoms with Crippen molar-refractivity contribution in [2.75, 3.05) is 5.75 Å². The van der Waals surface area contributed by atoms with Gasteiger partial charge in [0.05, 0.1) is 11.1 Å². The number of hydrogen-bond acceptors (Lipinski definition) is 5. The number of alkyl halides is 3. The molecule has 0 fully saturated rings. The number of aryl methyl sites for hydroxylation is 1. The minimum absolute atomic E-state index is 0.366. The highest BCUT2D eigenvalue weighted by Crippen LogP contribution is 2.29. The van der Waals surface area contributed by atoms with Gasteiger partial charge in [0, 0.05) is 12.3 Å². The summed E-state index contributed by atoms with van der Waals surface area (Å²) in [6.45, 7) is -0.402. The minimum Gasteiger partial charge on any atom is -0.293 e. The maximum Gasteiger partial charge on any atom is 0.441 e. The van der Waals surface area contributed by atoms with E-state index in [1.54, 1.807) is 4.98 Å². The maximum atomic E-state index is 11.8. The number of rotatable bonds is 4. The van der Waals surface area contributed by atoms with Gasteiger partial charge in [-0.3, -0.25) is 24.5 Å². The molecular formula is C7H6F3N3O4S. The van der Waals surface area contributed by atoms with Gasteiger partial charge in [-0.25, -0.2) is 4.79 Å². The predicted octanol–water partition coefficient (Wildman–Crippen LogP) is 0.698. The molecule has 1 aromatic heterocycles. The Morgan fingerprint density at radius 3 is 2.56 bits per heavy atom. The van der Waals surface area contributed by atoms with Crippen LogP contribution in [0.4, 0.5) is 18.9 Å². The van der Waals surface area contributed by atoms with Crippen LogP contribution in [-0.4, -0.2) is 25.7 Å². The molecule has 0 saturated carbocycles. The van der Waals surface area contributed by atoms with E-state index in [-0.39, 0.29) is 11.8 Å².